The quantitative estimate of drug-likeness (QED) is 0.350. The number of rotatable bonds is 7. The lowest BCUT2D eigenvalue weighted by atomic mass is 10.1. The molecule has 1 fully saturated rings. The van der Waals surface area contributed by atoms with Gasteiger partial charge in [-0.25, -0.2) is 14.2 Å². The fourth-order valence-corrected chi connectivity index (χ4v) is 4.03. The number of hydrogen-bond acceptors (Lipinski definition) is 10. The van der Waals surface area contributed by atoms with E-state index >= 15 is 0 Å². The van der Waals surface area contributed by atoms with E-state index in [2.05, 4.69) is 10.3 Å². The number of thiazole rings is 1. The molecule has 184 valence electrons. The number of aromatic nitrogens is 1. The van der Waals surface area contributed by atoms with Gasteiger partial charge in [0.15, 0.2) is 5.13 Å². The van der Waals surface area contributed by atoms with Gasteiger partial charge in [0.1, 0.15) is 34.0 Å². The number of ketones is 1. The third-order valence-corrected chi connectivity index (χ3v) is 5.75. The Bertz CT molecular complexity index is 1220. The molecule has 35 heavy (non-hydrogen) atoms. The van der Waals surface area contributed by atoms with Crippen LogP contribution >= 0.6 is 11.3 Å². The van der Waals surface area contributed by atoms with E-state index in [1.54, 1.807) is 45.0 Å². The number of nitrogens with zero attached hydrogens (tertiary/aromatic N) is 2. The van der Waals surface area contributed by atoms with Crippen LogP contribution in [0.15, 0.2) is 48.5 Å². The smallest absolute Gasteiger partial charge is 0.487 e. The van der Waals surface area contributed by atoms with Crippen LogP contribution in [0.4, 0.5) is 25.8 Å². The zero-order valence-electron chi connectivity index (χ0n) is 19.4. The molecule has 0 aliphatic carbocycles. The minimum Gasteiger partial charge on any atom is -0.487 e. The molecule has 0 amide bonds. The van der Waals surface area contributed by atoms with Gasteiger partial charge in [-0.2, -0.15) is 0 Å². The molecular formula is C24H25FN4O5S. The topological polar surface area (TPSA) is 116 Å². The third kappa shape index (κ3) is 6.46. The predicted octanol–water partition coefficient (Wildman–Crippen LogP) is 4.77. The van der Waals surface area contributed by atoms with Gasteiger partial charge in [0.2, 0.25) is 5.78 Å². The van der Waals surface area contributed by atoms with Gasteiger partial charge in [0.25, 0.3) is 0 Å². The number of nitrogen functional groups attached to an aromatic ring is 1. The number of carbonyl (C=O) groups excluding carboxylic acids is 2. The summed E-state index contributed by atoms with van der Waals surface area (Å²) in [7, 11) is 0. The van der Waals surface area contributed by atoms with Gasteiger partial charge < -0.3 is 25.4 Å². The highest BCUT2D eigenvalue weighted by atomic mass is 32.1. The lowest BCUT2D eigenvalue weighted by Crippen LogP contribution is -2.54. The maximum atomic E-state index is 13.5. The number of hydroxylamine groups is 2. The molecule has 1 aromatic heterocycles. The number of ether oxygens (including phenoxy) is 2. The second-order valence-electron chi connectivity index (χ2n) is 8.86. The van der Waals surface area contributed by atoms with Gasteiger partial charge in [0.05, 0.1) is 13.1 Å². The lowest BCUT2D eigenvalue weighted by molar-refractivity contribution is -0.206. The van der Waals surface area contributed by atoms with Crippen molar-refractivity contribution >= 4 is 39.9 Å². The molecule has 0 radical (unpaired) electrons. The standard InChI is InChI=1S/C24H25FN4O5S/c1-24(2,3)33-23(31)34-29-12-18(13-29)32-17-9-7-16(8-10-17)27-22-28-21(26)20(35-22)19(30)14-5-4-6-15(25)11-14/h4-11,18H,12-13,26H2,1-3H3,(H,27,28). The monoisotopic (exact) mass is 500 g/mol. The van der Waals surface area contributed by atoms with Crippen LogP contribution in [0.5, 0.6) is 5.75 Å². The highest BCUT2D eigenvalue weighted by Gasteiger charge is 2.33. The molecule has 11 heteroatoms. The largest absolute Gasteiger partial charge is 0.528 e. The zero-order chi connectivity index (χ0) is 25.2. The van der Waals surface area contributed by atoms with Crippen molar-refractivity contribution in [3.8, 4) is 5.75 Å². The summed E-state index contributed by atoms with van der Waals surface area (Å²) in [4.78, 5) is 33.9. The van der Waals surface area contributed by atoms with E-state index in [1.165, 1.54) is 23.3 Å². The molecule has 2 heterocycles. The Hall–Kier alpha value is -3.70. The van der Waals surface area contributed by atoms with Gasteiger partial charge in [-0.05, 0) is 57.2 Å². The second-order valence-corrected chi connectivity index (χ2v) is 9.86. The maximum Gasteiger partial charge on any atom is 0.528 e. The maximum absolute atomic E-state index is 13.5. The molecule has 0 spiro atoms. The molecule has 0 unspecified atom stereocenters. The number of nitrogens with two attached hydrogens (primary N) is 1. The van der Waals surface area contributed by atoms with Crippen LogP contribution in [0.3, 0.4) is 0 Å². The summed E-state index contributed by atoms with van der Waals surface area (Å²) in [5.74, 6) is -0.154. The van der Waals surface area contributed by atoms with E-state index in [1.807, 2.05) is 0 Å². The van der Waals surface area contributed by atoms with Crippen LogP contribution < -0.4 is 15.8 Å². The molecule has 3 aromatic rings. The number of halogens is 1. The summed E-state index contributed by atoms with van der Waals surface area (Å²) in [6.45, 7) is 6.16. The first-order valence-electron chi connectivity index (χ1n) is 10.8. The first kappa shape index (κ1) is 24.4. The van der Waals surface area contributed by atoms with E-state index in [0.29, 0.717) is 24.0 Å². The fraction of sp³-hybridized carbons (Fsp3) is 0.292. The van der Waals surface area contributed by atoms with Crippen molar-refractivity contribution < 1.29 is 28.3 Å². The summed E-state index contributed by atoms with van der Waals surface area (Å²) >= 11 is 1.09. The lowest BCUT2D eigenvalue weighted by Gasteiger charge is -2.36. The van der Waals surface area contributed by atoms with Crippen LogP contribution in [0.1, 0.15) is 36.0 Å². The Morgan fingerprint density at radius 3 is 2.54 bits per heavy atom. The van der Waals surface area contributed by atoms with Crippen LogP contribution in [0, 0.1) is 5.82 Å². The SMILES string of the molecule is CC(C)(C)OC(=O)ON1CC(Oc2ccc(Nc3nc(N)c(C(=O)c4cccc(F)c4)s3)cc2)C1. The van der Waals surface area contributed by atoms with Crippen LogP contribution in [-0.4, -0.2) is 46.8 Å². The van der Waals surface area contributed by atoms with E-state index in [0.717, 1.165) is 23.1 Å². The Kier molecular flexibility index (Phi) is 6.90. The van der Waals surface area contributed by atoms with Gasteiger partial charge >= 0.3 is 6.16 Å². The average Bonchev–Trinajstić information content (AvgIpc) is 3.11. The van der Waals surface area contributed by atoms with Crippen molar-refractivity contribution in [2.24, 2.45) is 0 Å². The Balaban J connectivity index is 1.28. The number of nitrogens with one attached hydrogen (secondary N) is 1. The van der Waals surface area contributed by atoms with E-state index in [-0.39, 0.29) is 28.1 Å². The van der Waals surface area contributed by atoms with Crippen molar-refractivity contribution in [3.63, 3.8) is 0 Å². The summed E-state index contributed by atoms with van der Waals surface area (Å²) in [6.07, 6.45) is -0.860. The summed E-state index contributed by atoms with van der Waals surface area (Å²) in [6, 6.07) is 12.6. The van der Waals surface area contributed by atoms with Gasteiger partial charge in [-0.1, -0.05) is 23.5 Å². The van der Waals surface area contributed by atoms with Crippen molar-refractivity contribution in [3.05, 3.63) is 64.8 Å². The Morgan fingerprint density at radius 2 is 1.89 bits per heavy atom. The van der Waals surface area contributed by atoms with Crippen molar-refractivity contribution in [2.45, 2.75) is 32.5 Å². The molecule has 1 aliphatic heterocycles. The molecule has 1 aliphatic rings. The highest BCUT2D eigenvalue weighted by Crippen LogP contribution is 2.30. The minimum absolute atomic E-state index is 0.0786. The third-order valence-electron chi connectivity index (χ3n) is 4.76. The molecular weight excluding hydrogens is 475 g/mol. The van der Waals surface area contributed by atoms with Gasteiger partial charge in [-0.3, -0.25) is 4.79 Å². The van der Waals surface area contributed by atoms with E-state index in [4.69, 9.17) is 20.0 Å². The first-order chi connectivity index (χ1) is 16.6. The van der Waals surface area contributed by atoms with Crippen molar-refractivity contribution in [1.82, 2.24) is 10.0 Å². The fourth-order valence-electron chi connectivity index (χ4n) is 3.17. The second kappa shape index (κ2) is 9.88. The van der Waals surface area contributed by atoms with Crippen LogP contribution in [-0.2, 0) is 9.57 Å². The number of hydrogen-bond donors (Lipinski definition) is 2. The molecule has 2 aromatic carbocycles. The first-order valence-corrected chi connectivity index (χ1v) is 11.6. The van der Waals surface area contributed by atoms with E-state index in [9.17, 15) is 14.0 Å². The normalized spacial score (nSPS) is 14.2. The molecule has 9 nitrogen and oxygen atoms in total. The number of carbonyl (C=O) groups is 2. The number of anilines is 3. The highest BCUT2D eigenvalue weighted by molar-refractivity contribution is 7.18. The molecule has 4 rings (SSSR count). The summed E-state index contributed by atoms with van der Waals surface area (Å²) in [5, 5.41) is 5.02. The van der Waals surface area contributed by atoms with Crippen LogP contribution in [0.25, 0.3) is 0 Å². The molecule has 1 saturated heterocycles. The average molecular weight is 501 g/mol. The molecule has 0 bridgehead atoms. The Labute approximate surface area is 205 Å². The molecule has 3 N–H and O–H groups in total. The summed E-state index contributed by atoms with van der Waals surface area (Å²) in [5.41, 5.74) is 6.24. The predicted molar refractivity (Wildman–Crippen MR) is 129 cm³/mol. The van der Waals surface area contributed by atoms with Crippen molar-refractivity contribution in [2.75, 3.05) is 24.1 Å². The Morgan fingerprint density at radius 1 is 1.17 bits per heavy atom. The van der Waals surface area contributed by atoms with Crippen LogP contribution in [0.2, 0.25) is 0 Å². The number of benzene rings is 2. The van der Waals surface area contributed by atoms with Gasteiger partial charge in [-0.15, -0.1) is 5.06 Å². The zero-order valence-corrected chi connectivity index (χ0v) is 20.2. The molecule has 0 saturated carbocycles. The van der Waals surface area contributed by atoms with Gasteiger partial charge in [0, 0.05) is 11.3 Å². The minimum atomic E-state index is -0.741. The summed E-state index contributed by atoms with van der Waals surface area (Å²) < 4.78 is 24.4. The van der Waals surface area contributed by atoms with Crippen molar-refractivity contribution in [1.29, 1.82) is 0 Å². The molecule has 0 atom stereocenters. The van der Waals surface area contributed by atoms with E-state index < -0.39 is 17.6 Å².